The number of benzene rings is 2. The maximum absolute atomic E-state index is 12.6. The van der Waals surface area contributed by atoms with E-state index in [1.54, 1.807) is 41.5 Å². The van der Waals surface area contributed by atoms with Crippen LogP contribution in [0, 0.1) is 0 Å². The van der Waals surface area contributed by atoms with Gasteiger partial charge >= 0.3 is 30.1 Å². The first-order valence-electron chi connectivity index (χ1n) is 17.7. The minimum Gasteiger partial charge on any atom is -0.478 e. The monoisotopic (exact) mass is 1070 g/mol. The predicted molar refractivity (Wildman–Crippen MR) is 236 cm³/mol. The second-order valence-electron chi connectivity index (χ2n) is 14.3. The molecule has 61 heavy (non-hydrogen) atoms. The maximum atomic E-state index is 12.6. The molecule has 6 N–H and O–H groups in total. The van der Waals surface area contributed by atoms with Gasteiger partial charge in [0.1, 0.15) is 23.3 Å². The third kappa shape index (κ3) is 24.5. The number of halogens is 6. The van der Waals surface area contributed by atoms with Gasteiger partial charge in [0.25, 0.3) is 5.91 Å². The summed E-state index contributed by atoms with van der Waals surface area (Å²) in [5.74, 6) is -3.70. The lowest BCUT2D eigenvalue weighted by atomic mass is 10.1. The molecule has 0 aromatic heterocycles. The van der Waals surface area contributed by atoms with Crippen molar-refractivity contribution >= 4 is 126 Å². The van der Waals surface area contributed by atoms with Crippen LogP contribution < -0.4 is 21.7 Å². The van der Waals surface area contributed by atoms with Crippen molar-refractivity contribution in [2.24, 2.45) is 5.73 Å². The van der Waals surface area contributed by atoms with Gasteiger partial charge in [0.05, 0.1) is 58.5 Å². The van der Waals surface area contributed by atoms with Crippen LogP contribution in [-0.4, -0.2) is 103 Å². The van der Waals surface area contributed by atoms with E-state index in [0.29, 0.717) is 8.95 Å². The van der Waals surface area contributed by atoms with Crippen molar-refractivity contribution in [2.75, 3.05) is 27.3 Å². The van der Waals surface area contributed by atoms with E-state index in [1.165, 1.54) is 31.4 Å². The lowest BCUT2D eigenvalue weighted by Crippen LogP contribution is -2.42. The topological polar surface area (TPSA) is 256 Å². The lowest BCUT2D eigenvalue weighted by molar-refractivity contribution is -0.143. The summed E-state index contributed by atoms with van der Waals surface area (Å²) in [6, 6.07) is 4.01. The molecular formula is C38H48Br2Cl4N4O13. The fourth-order valence-electron chi connectivity index (χ4n) is 4.16. The average molecular weight is 1070 g/mol. The van der Waals surface area contributed by atoms with E-state index in [-0.39, 0.29) is 81.6 Å². The van der Waals surface area contributed by atoms with Crippen molar-refractivity contribution in [3.05, 3.63) is 64.4 Å². The summed E-state index contributed by atoms with van der Waals surface area (Å²) in [5.41, 5.74) is 4.10. The largest absolute Gasteiger partial charge is 0.478 e. The number of carbonyl (C=O) groups is 8. The van der Waals surface area contributed by atoms with Crippen LogP contribution in [0.3, 0.4) is 0 Å². The van der Waals surface area contributed by atoms with Crippen LogP contribution in [0.15, 0.2) is 33.2 Å². The van der Waals surface area contributed by atoms with Gasteiger partial charge in [0, 0.05) is 21.8 Å². The normalized spacial score (nSPS) is 11.7. The summed E-state index contributed by atoms with van der Waals surface area (Å²) in [7, 11) is 2.39. The van der Waals surface area contributed by atoms with Crippen molar-refractivity contribution < 1.29 is 62.4 Å². The second kappa shape index (κ2) is 27.4. The van der Waals surface area contributed by atoms with Crippen molar-refractivity contribution in [2.45, 2.75) is 90.5 Å². The van der Waals surface area contributed by atoms with E-state index in [0.717, 1.165) is 7.11 Å². The number of carbonyl (C=O) groups excluding carboxylic acids is 7. The van der Waals surface area contributed by atoms with Crippen LogP contribution in [0.4, 0.5) is 9.59 Å². The molecular weight excluding hydrogens is 1020 g/mol. The highest BCUT2D eigenvalue weighted by Gasteiger charge is 2.26. The molecule has 0 fully saturated rings. The van der Waals surface area contributed by atoms with Gasteiger partial charge in [-0.05, 0) is 78.6 Å². The number of carboxylic acids is 1. The number of amides is 3. The molecule has 2 rings (SSSR count). The zero-order chi connectivity index (χ0) is 47.4. The summed E-state index contributed by atoms with van der Waals surface area (Å²) in [6.45, 7) is 9.84. The van der Waals surface area contributed by atoms with Crippen molar-refractivity contribution in [3.8, 4) is 0 Å². The first-order valence-corrected chi connectivity index (χ1v) is 20.8. The summed E-state index contributed by atoms with van der Waals surface area (Å²) in [5, 5.41) is 16.2. The zero-order valence-corrected chi connectivity index (χ0v) is 40.6. The number of Topliss-reactive ketones (excluding diaryl/α,β-unsaturated/α-hetero) is 2. The molecule has 17 nitrogen and oxygen atoms in total. The number of nitrogens with two attached hydrogens (primary N) is 1. The van der Waals surface area contributed by atoms with Crippen molar-refractivity contribution in [3.63, 3.8) is 0 Å². The van der Waals surface area contributed by atoms with Gasteiger partial charge < -0.3 is 45.7 Å². The Bertz CT molecular complexity index is 1860. The molecule has 0 saturated carbocycles. The first kappa shape index (κ1) is 57.3. The number of alkyl carbamates (subject to hydrolysis) is 2. The molecule has 0 aliphatic rings. The van der Waals surface area contributed by atoms with Gasteiger partial charge in [0.15, 0.2) is 11.6 Å². The molecule has 340 valence electrons. The zero-order valence-electron chi connectivity index (χ0n) is 34.4. The number of ether oxygens (including phenoxy) is 4. The molecule has 0 bridgehead atoms. The lowest BCUT2D eigenvalue weighted by Gasteiger charge is -2.19. The first-order chi connectivity index (χ1) is 28.0. The van der Waals surface area contributed by atoms with Crippen molar-refractivity contribution in [1.29, 1.82) is 0 Å². The minimum atomic E-state index is -1.13. The third-order valence-corrected chi connectivity index (χ3v) is 8.96. The number of hydrogen-bond acceptors (Lipinski definition) is 13. The Hall–Kier alpha value is -3.72. The van der Waals surface area contributed by atoms with E-state index < -0.39 is 59.3 Å². The Kier molecular flexibility index (Phi) is 25.7. The molecule has 0 unspecified atom stereocenters. The van der Waals surface area contributed by atoms with Crippen LogP contribution in [-0.2, 0) is 38.1 Å². The van der Waals surface area contributed by atoms with Crippen LogP contribution in [0.1, 0.15) is 87.9 Å². The Morgan fingerprint density at radius 2 is 1.02 bits per heavy atom. The molecule has 23 heteroatoms. The second-order valence-corrected chi connectivity index (χ2v) is 17.8. The molecule has 2 atom stereocenters. The van der Waals surface area contributed by atoms with Gasteiger partial charge in [-0.15, -0.1) is 0 Å². The number of nitrogens with one attached hydrogen (secondary N) is 3. The predicted octanol–water partition coefficient (Wildman–Crippen LogP) is 7.72. The SMILES string of the molecule is COC(=O)[C@@H](N)CCC(=O)CNC(=O)OC(C)(C)C.COC(=O)[C@H](CCC(=O)CNC(=O)OC(C)(C)C)NC(=O)c1c(Cl)cc(Br)cc1Cl.O=C(O)c1c(Cl)cc(Br)cc1Cl. The minimum absolute atomic E-state index is 0.00615. The molecule has 2 aromatic carbocycles. The Labute approximate surface area is 389 Å². The molecule has 0 aliphatic heterocycles. The summed E-state index contributed by atoms with van der Waals surface area (Å²) in [6.07, 6.45) is -1.25. The van der Waals surface area contributed by atoms with Gasteiger partial charge in [0.2, 0.25) is 0 Å². The standard InChI is InChI=1S/C19H23BrCl2N2O6.C12H22N2O5.C7H3BrCl2O2/c1-19(2,3)30-18(28)23-9-11(25)5-6-14(17(27)29-4)24-16(26)15-12(21)7-10(20)8-13(15)22;1-12(2,3)19-11(17)14-7-8(15)5-6-9(13)10(16)18-4;8-3-1-4(9)6(7(11)12)5(10)2-3/h7-8,14H,5-6,9H2,1-4H3,(H,23,28)(H,24,26);9H,5-7,13H2,1-4H3,(H,14,17);1-2H,(H,11,12)/t14-;9-;/m00./s1. The van der Waals surface area contributed by atoms with Crippen molar-refractivity contribution in [1.82, 2.24) is 16.0 Å². The number of rotatable bonds is 15. The molecule has 0 radical (unpaired) electrons. The highest BCUT2D eigenvalue weighted by atomic mass is 79.9. The van der Waals surface area contributed by atoms with Crippen LogP contribution in [0.2, 0.25) is 20.1 Å². The van der Waals surface area contributed by atoms with E-state index >= 15 is 0 Å². The highest BCUT2D eigenvalue weighted by molar-refractivity contribution is 9.10. The molecule has 0 heterocycles. The summed E-state index contributed by atoms with van der Waals surface area (Å²) < 4.78 is 20.4. The smallest absolute Gasteiger partial charge is 0.408 e. The Balaban J connectivity index is 0.000000985. The number of methoxy groups -OCH3 is 2. The quantitative estimate of drug-likeness (QED) is 0.0846. The maximum Gasteiger partial charge on any atom is 0.408 e. The third-order valence-electron chi connectivity index (χ3n) is 6.85. The average Bonchev–Trinajstić information content (AvgIpc) is 3.11. The van der Waals surface area contributed by atoms with E-state index in [4.69, 9.17) is 66.7 Å². The van der Waals surface area contributed by atoms with Crippen LogP contribution in [0.5, 0.6) is 0 Å². The van der Waals surface area contributed by atoms with Gasteiger partial charge in [-0.1, -0.05) is 78.3 Å². The van der Waals surface area contributed by atoms with Gasteiger partial charge in [-0.2, -0.15) is 0 Å². The molecule has 3 amide bonds. The molecule has 0 saturated heterocycles. The van der Waals surface area contributed by atoms with Crippen LogP contribution >= 0.6 is 78.3 Å². The highest BCUT2D eigenvalue weighted by Crippen LogP contribution is 2.30. The van der Waals surface area contributed by atoms with Gasteiger partial charge in [-0.3, -0.25) is 19.2 Å². The van der Waals surface area contributed by atoms with Crippen LogP contribution in [0.25, 0.3) is 0 Å². The number of aromatic carboxylic acids is 1. The Morgan fingerprint density at radius 1 is 0.656 bits per heavy atom. The summed E-state index contributed by atoms with van der Waals surface area (Å²) in [4.78, 5) is 92.5. The fourth-order valence-corrected chi connectivity index (χ4v) is 6.92. The molecule has 2 aromatic rings. The fraction of sp³-hybridized carbons (Fsp3) is 0.474. The number of esters is 2. The molecule has 0 spiro atoms. The van der Waals surface area contributed by atoms with E-state index in [1.807, 2.05) is 0 Å². The summed E-state index contributed by atoms with van der Waals surface area (Å²) >= 11 is 29.8. The van der Waals surface area contributed by atoms with Gasteiger partial charge in [-0.25, -0.2) is 19.2 Å². The Morgan fingerprint density at radius 3 is 1.36 bits per heavy atom. The molecule has 0 aliphatic carbocycles. The number of carboxylic acid groups (broad SMARTS) is 1. The van der Waals surface area contributed by atoms with E-state index in [2.05, 4.69) is 57.3 Å². The number of ketones is 2. The van der Waals surface area contributed by atoms with E-state index in [9.17, 15) is 38.4 Å². The number of hydrogen-bond donors (Lipinski definition) is 5.